The minimum absolute atomic E-state index is 0.0376. The number of halogens is 2. The molecule has 110 valence electrons. The molecule has 0 saturated heterocycles. The van der Waals surface area contributed by atoms with Crippen molar-refractivity contribution in [3.8, 4) is 0 Å². The Hall–Kier alpha value is -1.85. The van der Waals surface area contributed by atoms with Crippen molar-refractivity contribution in [2.75, 3.05) is 5.32 Å². The van der Waals surface area contributed by atoms with Gasteiger partial charge in [0.2, 0.25) is 5.95 Å². The van der Waals surface area contributed by atoms with Gasteiger partial charge in [-0.2, -0.15) is 0 Å². The van der Waals surface area contributed by atoms with Gasteiger partial charge in [-0.1, -0.05) is 23.2 Å². The molecule has 1 amide bonds. The Morgan fingerprint density at radius 3 is 2.48 bits per heavy atom. The van der Waals surface area contributed by atoms with Gasteiger partial charge in [0, 0.05) is 28.0 Å². The quantitative estimate of drug-likeness (QED) is 0.900. The number of nitrogens with one attached hydrogen (secondary N) is 2. The Balaban J connectivity index is 2.19. The van der Waals surface area contributed by atoms with Crippen LogP contribution in [0.2, 0.25) is 10.0 Å². The van der Waals surface area contributed by atoms with E-state index in [9.17, 15) is 4.79 Å². The number of amides is 1. The highest BCUT2D eigenvalue weighted by molar-refractivity contribution is 6.35. The zero-order valence-corrected chi connectivity index (χ0v) is 13.0. The van der Waals surface area contributed by atoms with Crippen molar-refractivity contribution in [2.45, 2.75) is 19.9 Å². The third-order valence-electron chi connectivity index (χ3n) is 2.43. The average Bonchev–Trinajstić information content (AvgIpc) is 2.37. The molecule has 2 aromatic rings. The average molecular weight is 325 g/mol. The molecule has 0 aliphatic carbocycles. The third-order valence-corrected chi connectivity index (χ3v) is 2.86. The van der Waals surface area contributed by atoms with E-state index in [0.29, 0.717) is 21.7 Å². The van der Waals surface area contributed by atoms with E-state index in [0.717, 1.165) is 0 Å². The van der Waals surface area contributed by atoms with Crippen LogP contribution in [0.5, 0.6) is 0 Å². The van der Waals surface area contributed by atoms with Gasteiger partial charge in [0.1, 0.15) is 5.69 Å². The molecule has 21 heavy (non-hydrogen) atoms. The highest BCUT2D eigenvalue weighted by atomic mass is 35.5. The Kier molecular flexibility index (Phi) is 4.98. The Bertz CT molecular complexity index is 641. The van der Waals surface area contributed by atoms with Crippen molar-refractivity contribution in [3.63, 3.8) is 0 Å². The smallest absolute Gasteiger partial charge is 0.270 e. The summed E-state index contributed by atoms with van der Waals surface area (Å²) in [5.74, 6) is 0.0457. The van der Waals surface area contributed by atoms with E-state index in [1.54, 1.807) is 24.3 Å². The molecule has 0 fully saturated rings. The van der Waals surface area contributed by atoms with Crippen LogP contribution < -0.4 is 10.6 Å². The highest BCUT2D eigenvalue weighted by Crippen LogP contribution is 2.24. The number of benzene rings is 1. The van der Waals surface area contributed by atoms with Crippen LogP contribution in [0, 0.1) is 0 Å². The van der Waals surface area contributed by atoms with E-state index < -0.39 is 0 Å². The zero-order valence-electron chi connectivity index (χ0n) is 11.5. The van der Waals surface area contributed by atoms with Gasteiger partial charge in [0.15, 0.2) is 0 Å². The number of nitrogens with zero attached hydrogens (tertiary/aromatic N) is 2. The minimum Gasteiger partial charge on any atom is -0.349 e. The molecule has 2 rings (SSSR count). The third kappa shape index (κ3) is 4.58. The van der Waals surface area contributed by atoms with E-state index in [1.165, 1.54) is 6.20 Å². The van der Waals surface area contributed by atoms with E-state index in [1.807, 2.05) is 13.8 Å². The minimum atomic E-state index is -0.250. The first kappa shape index (κ1) is 15.5. The molecule has 0 aliphatic heterocycles. The highest BCUT2D eigenvalue weighted by Gasteiger charge is 2.10. The van der Waals surface area contributed by atoms with Gasteiger partial charge < -0.3 is 10.6 Å². The summed E-state index contributed by atoms with van der Waals surface area (Å²) in [6.45, 7) is 3.76. The molecule has 2 N–H and O–H groups in total. The standard InChI is InChI=1S/C14H14Cl2N4O/c1-8(2)18-13(21)12-3-4-17-14(20-12)19-11-6-9(15)5-10(16)7-11/h3-8H,1-2H3,(H,18,21)(H,17,19,20). The van der Waals surface area contributed by atoms with Crippen LogP contribution in [0.25, 0.3) is 0 Å². The Morgan fingerprint density at radius 2 is 1.86 bits per heavy atom. The number of carbonyl (C=O) groups is 1. The summed E-state index contributed by atoms with van der Waals surface area (Å²) in [5, 5.41) is 6.73. The molecule has 1 aromatic carbocycles. The summed E-state index contributed by atoms with van der Waals surface area (Å²) < 4.78 is 0. The summed E-state index contributed by atoms with van der Waals surface area (Å²) in [7, 11) is 0. The number of hydrogen-bond donors (Lipinski definition) is 2. The molecular formula is C14H14Cl2N4O. The Morgan fingerprint density at radius 1 is 1.19 bits per heavy atom. The zero-order chi connectivity index (χ0) is 15.4. The van der Waals surface area contributed by atoms with Crippen LogP contribution in [-0.4, -0.2) is 21.9 Å². The monoisotopic (exact) mass is 324 g/mol. The van der Waals surface area contributed by atoms with Crippen molar-refractivity contribution in [1.82, 2.24) is 15.3 Å². The van der Waals surface area contributed by atoms with Crippen molar-refractivity contribution >= 4 is 40.7 Å². The lowest BCUT2D eigenvalue weighted by Gasteiger charge is -2.09. The number of carbonyl (C=O) groups excluding carboxylic acids is 1. The maximum atomic E-state index is 11.9. The van der Waals surface area contributed by atoms with Crippen molar-refractivity contribution < 1.29 is 4.79 Å². The molecule has 0 aliphatic rings. The van der Waals surface area contributed by atoms with E-state index in [2.05, 4.69) is 20.6 Å². The summed E-state index contributed by atoms with van der Waals surface area (Å²) in [6, 6.07) is 6.60. The molecular weight excluding hydrogens is 311 g/mol. The molecule has 0 radical (unpaired) electrons. The Labute approximate surface area is 132 Å². The molecule has 0 saturated carbocycles. The van der Waals surface area contributed by atoms with Gasteiger partial charge in [0.05, 0.1) is 0 Å². The normalized spacial score (nSPS) is 10.5. The number of aromatic nitrogens is 2. The summed E-state index contributed by atoms with van der Waals surface area (Å²) in [4.78, 5) is 20.1. The van der Waals surface area contributed by atoms with Crippen LogP contribution in [0.3, 0.4) is 0 Å². The SMILES string of the molecule is CC(C)NC(=O)c1ccnc(Nc2cc(Cl)cc(Cl)c2)n1. The first-order chi connectivity index (χ1) is 9.94. The van der Waals surface area contributed by atoms with Crippen LogP contribution in [-0.2, 0) is 0 Å². The van der Waals surface area contributed by atoms with Crippen LogP contribution >= 0.6 is 23.2 Å². The second-order valence-electron chi connectivity index (χ2n) is 4.68. The topological polar surface area (TPSA) is 66.9 Å². The van der Waals surface area contributed by atoms with Gasteiger partial charge >= 0.3 is 0 Å². The largest absolute Gasteiger partial charge is 0.349 e. The maximum absolute atomic E-state index is 11.9. The van der Waals surface area contributed by atoms with E-state index in [4.69, 9.17) is 23.2 Å². The van der Waals surface area contributed by atoms with Gasteiger partial charge in [0.25, 0.3) is 5.91 Å². The van der Waals surface area contributed by atoms with Gasteiger partial charge in [-0.15, -0.1) is 0 Å². The second kappa shape index (κ2) is 6.74. The van der Waals surface area contributed by atoms with Crippen molar-refractivity contribution in [1.29, 1.82) is 0 Å². The number of hydrogen-bond acceptors (Lipinski definition) is 4. The van der Waals surface area contributed by atoms with Crippen LogP contribution in [0.1, 0.15) is 24.3 Å². The lowest BCUT2D eigenvalue weighted by atomic mass is 10.3. The molecule has 1 heterocycles. The molecule has 0 unspecified atom stereocenters. The molecule has 0 bridgehead atoms. The van der Waals surface area contributed by atoms with E-state index >= 15 is 0 Å². The fraction of sp³-hybridized carbons (Fsp3) is 0.214. The first-order valence-corrected chi connectivity index (χ1v) is 7.06. The van der Waals surface area contributed by atoms with Gasteiger partial charge in [-0.25, -0.2) is 9.97 Å². The van der Waals surface area contributed by atoms with E-state index in [-0.39, 0.29) is 17.6 Å². The molecule has 5 nitrogen and oxygen atoms in total. The summed E-state index contributed by atoms with van der Waals surface area (Å²) in [6.07, 6.45) is 1.51. The predicted octanol–water partition coefficient (Wildman–Crippen LogP) is 3.67. The fourth-order valence-corrected chi connectivity index (χ4v) is 2.16. The number of anilines is 2. The molecule has 0 atom stereocenters. The number of rotatable bonds is 4. The van der Waals surface area contributed by atoms with Crippen LogP contribution in [0.4, 0.5) is 11.6 Å². The van der Waals surface area contributed by atoms with Crippen LogP contribution in [0.15, 0.2) is 30.5 Å². The first-order valence-electron chi connectivity index (χ1n) is 6.31. The van der Waals surface area contributed by atoms with Gasteiger partial charge in [-0.3, -0.25) is 4.79 Å². The maximum Gasteiger partial charge on any atom is 0.270 e. The lowest BCUT2D eigenvalue weighted by Crippen LogP contribution is -2.30. The predicted molar refractivity (Wildman–Crippen MR) is 84.4 cm³/mol. The summed E-state index contributed by atoms with van der Waals surface area (Å²) >= 11 is 11.9. The second-order valence-corrected chi connectivity index (χ2v) is 5.55. The van der Waals surface area contributed by atoms with Crippen molar-refractivity contribution in [3.05, 3.63) is 46.2 Å². The molecule has 7 heteroatoms. The fourth-order valence-electron chi connectivity index (χ4n) is 1.64. The lowest BCUT2D eigenvalue weighted by molar-refractivity contribution is 0.0938. The van der Waals surface area contributed by atoms with Crippen molar-refractivity contribution in [2.24, 2.45) is 0 Å². The summed E-state index contributed by atoms with van der Waals surface area (Å²) in [5.41, 5.74) is 0.934. The molecule has 0 spiro atoms. The molecule has 1 aromatic heterocycles. The van der Waals surface area contributed by atoms with Gasteiger partial charge in [-0.05, 0) is 38.1 Å².